The summed E-state index contributed by atoms with van der Waals surface area (Å²) in [7, 11) is 0. The van der Waals surface area contributed by atoms with Crippen molar-refractivity contribution in [2.45, 2.75) is 38.3 Å². The number of nitrogens with zero attached hydrogens (tertiary/aromatic N) is 1. The van der Waals surface area contributed by atoms with Crippen LogP contribution in [0.4, 0.5) is 0 Å². The van der Waals surface area contributed by atoms with Crippen LogP contribution in [0.15, 0.2) is 47.8 Å². The Morgan fingerprint density at radius 3 is 2.46 bits per heavy atom. The first-order valence-corrected chi connectivity index (χ1v) is 10.4. The number of amides is 1. The van der Waals surface area contributed by atoms with Crippen LogP contribution in [0.1, 0.15) is 48.7 Å². The van der Waals surface area contributed by atoms with E-state index in [9.17, 15) is 4.79 Å². The zero-order valence-electron chi connectivity index (χ0n) is 16.3. The second kappa shape index (κ2) is 12.5. The molecule has 1 aromatic carbocycles. The Kier molecular flexibility index (Phi) is 11.1. The fourth-order valence-electron chi connectivity index (χ4n) is 3.53. The van der Waals surface area contributed by atoms with E-state index in [1.165, 1.54) is 17.7 Å². The van der Waals surface area contributed by atoms with E-state index in [4.69, 9.17) is 5.73 Å². The summed E-state index contributed by atoms with van der Waals surface area (Å²) in [5.41, 5.74) is 7.19. The molecular formula is C21H31Cl2N3OS. The third-order valence-electron chi connectivity index (χ3n) is 5.26. The Balaban J connectivity index is 0.00000196. The van der Waals surface area contributed by atoms with Crippen molar-refractivity contribution in [1.82, 2.24) is 10.2 Å². The normalized spacial score (nSPS) is 17.1. The average Bonchev–Trinajstić information content (AvgIpc) is 3.18. The molecule has 0 radical (unpaired) electrons. The van der Waals surface area contributed by atoms with Crippen molar-refractivity contribution in [2.75, 3.05) is 19.6 Å². The molecule has 28 heavy (non-hydrogen) atoms. The minimum atomic E-state index is -0.257. The number of nitrogens with two attached hydrogens (primary N) is 1. The van der Waals surface area contributed by atoms with E-state index in [-0.39, 0.29) is 42.8 Å². The van der Waals surface area contributed by atoms with Crippen LogP contribution in [0.3, 0.4) is 0 Å². The molecule has 2 heterocycles. The van der Waals surface area contributed by atoms with Crippen LogP contribution in [0.2, 0.25) is 0 Å². The lowest BCUT2D eigenvalue weighted by Crippen LogP contribution is -2.42. The molecule has 1 aromatic heterocycles. The Hall–Kier alpha value is -1.11. The number of likely N-dealkylation sites (tertiary alicyclic amines) is 1. The number of nitrogens with one attached hydrogen (secondary N) is 1. The van der Waals surface area contributed by atoms with Gasteiger partial charge in [-0.3, -0.25) is 9.69 Å². The van der Waals surface area contributed by atoms with Gasteiger partial charge in [0.05, 0.1) is 6.04 Å². The number of piperidine rings is 1. The van der Waals surface area contributed by atoms with Gasteiger partial charge in [0.25, 0.3) is 0 Å². The summed E-state index contributed by atoms with van der Waals surface area (Å²) in [6.07, 6.45) is 2.78. The Labute approximate surface area is 184 Å². The summed E-state index contributed by atoms with van der Waals surface area (Å²) in [5, 5.41) is 5.24. The van der Waals surface area contributed by atoms with Crippen LogP contribution in [0.25, 0.3) is 0 Å². The van der Waals surface area contributed by atoms with Gasteiger partial charge in [-0.2, -0.15) is 0 Å². The van der Waals surface area contributed by atoms with Crippen LogP contribution in [-0.2, 0) is 4.79 Å². The second-order valence-electron chi connectivity index (χ2n) is 7.28. The first kappa shape index (κ1) is 24.9. The fourth-order valence-corrected chi connectivity index (χ4v) is 4.39. The molecule has 2 aromatic rings. The van der Waals surface area contributed by atoms with Crippen molar-refractivity contribution in [3.8, 4) is 0 Å². The first-order chi connectivity index (χ1) is 12.6. The molecule has 2 atom stereocenters. The molecular weight excluding hydrogens is 413 g/mol. The fraction of sp³-hybridized carbons (Fsp3) is 0.476. The van der Waals surface area contributed by atoms with E-state index < -0.39 is 0 Å². The van der Waals surface area contributed by atoms with Gasteiger partial charge < -0.3 is 11.1 Å². The summed E-state index contributed by atoms with van der Waals surface area (Å²) in [6.45, 7) is 5.17. The minimum Gasteiger partial charge on any atom is -0.354 e. The number of thiophene rings is 1. The lowest BCUT2D eigenvalue weighted by molar-refractivity contribution is -0.121. The number of hydrogen-bond acceptors (Lipinski definition) is 4. The molecule has 4 nitrogen and oxygen atoms in total. The summed E-state index contributed by atoms with van der Waals surface area (Å²) >= 11 is 1.77. The van der Waals surface area contributed by atoms with Crippen molar-refractivity contribution >= 4 is 42.1 Å². The molecule has 7 heteroatoms. The predicted molar refractivity (Wildman–Crippen MR) is 123 cm³/mol. The maximum absolute atomic E-state index is 12.4. The summed E-state index contributed by atoms with van der Waals surface area (Å²) < 4.78 is 0. The van der Waals surface area contributed by atoms with E-state index in [0.29, 0.717) is 13.0 Å². The van der Waals surface area contributed by atoms with Gasteiger partial charge in [-0.15, -0.1) is 36.2 Å². The van der Waals surface area contributed by atoms with Crippen LogP contribution in [0.5, 0.6) is 0 Å². The lowest BCUT2D eigenvalue weighted by atomic mass is 9.97. The van der Waals surface area contributed by atoms with Gasteiger partial charge in [-0.1, -0.05) is 43.3 Å². The van der Waals surface area contributed by atoms with Crippen molar-refractivity contribution in [3.05, 3.63) is 58.3 Å². The second-order valence-corrected chi connectivity index (χ2v) is 8.25. The van der Waals surface area contributed by atoms with Gasteiger partial charge in [0.15, 0.2) is 0 Å². The lowest BCUT2D eigenvalue weighted by Gasteiger charge is -2.36. The first-order valence-electron chi connectivity index (χ1n) is 9.48. The van der Waals surface area contributed by atoms with Crippen molar-refractivity contribution in [3.63, 3.8) is 0 Å². The smallest absolute Gasteiger partial charge is 0.221 e. The molecule has 156 valence electrons. The molecule has 0 aliphatic carbocycles. The molecule has 3 rings (SSSR count). The van der Waals surface area contributed by atoms with Crippen molar-refractivity contribution in [1.29, 1.82) is 0 Å². The maximum Gasteiger partial charge on any atom is 0.221 e. The Morgan fingerprint density at radius 1 is 1.18 bits per heavy atom. The van der Waals surface area contributed by atoms with Crippen LogP contribution in [0, 0.1) is 5.92 Å². The van der Waals surface area contributed by atoms with Crippen molar-refractivity contribution in [2.24, 2.45) is 11.7 Å². The minimum absolute atomic E-state index is 0. The highest BCUT2D eigenvalue weighted by molar-refractivity contribution is 7.10. The predicted octanol–water partition coefficient (Wildman–Crippen LogP) is 4.57. The molecule has 1 saturated heterocycles. The zero-order valence-corrected chi connectivity index (χ0v) is 18.7. The topological polar surface area (TPSA) is 58.4 Å². The summed E-state index contributed by atoms with van der Waals surface area (Å²) in [6, 6.07) is 14.1. The van der Waals surface area contributed by atoms with Gasteiger partial charge >= 0.3 is 0 Å². The third kappa shape index (κ3) is 7.05. The average molecular weight is 444 g/mol. The van der Waals surface area contributed by atoms with Gasteiger partial charge in [0.1, 0.15) is 0 Å². The molecule has 3 N–H and O–H groups in total. The molecule has 1 fully saturated rings. The molecule has 0 saturated carbocycles. The van der Waals surface area contributed by atoms with E-state index in [1.54, 1.807) is 11.3 Å². The Morgan fingerprint density at radius 2 is 1.86 bits per heavy atom. The molecule has 0 bridgehead atoms. The quantitative estimate of drug-likeness (QED) is 0.658. The molecule has 2 unspecified atom stereocenters. The number of halogens is 2. The number of benzene rings is 1. The van der Waals surface area contributed by atoms with E-state index in [0.717, 1.165) is 24.6 Å². The Bertz CT molecular complexity index is 676. The van der Waals surface area contributed by atoms with Gasteiger partial charge in [-0.25, -0.2) is 0 Å². The number of carbonyl (C=O) groups excluding carboxylic acids is 1. The SMILES string of the molecule is CC1CCN(C(CNC(=O)CC(N)c2ccccc2)c2cccs2)CC1.Cl.Cl. The highest BCUT2D eigenvalue weighted by atomic mass is 35.5. The molecule has 1 amide bonds. The van der Waals surface area contributed by atoms with E-state index in [2.05, 4.69) is 34.7 Å². The van der Waals surface area contributed by atoms with Crippen molar-refractivity contribution < 1.29 is 4.79 Å². The molecule has 1 aliphatic heterocycles. The highest BCUT2D eigenvalue weighted by Gasteiger charge is 2.26. The van der Waals surface area contributed by atoms with Crippen LogP contribution >= 0.6 is 36.2 Å². The van der Waals surface area contributed by atoms with Crippen LogP contribution < -0.4 is 11.1 Å². The highest BCUT2D eigenvalue weighted by Crippen LogP contribution is 2.29. The van der Waals surface area contributed by atoms with Gasteiger partial charge in [0, 0.05) is 23.9 Å². The molecule has 1 aliphatic rings. The van der Waals surface area contributed by atoms with Crippen LogP contribution in [-0.4, -0.2) is 30.4 Å². The van der Waals surface area contributed by atoms with E-state index in [1.807, 2.05) is 30.3 Å². The monoisotopic (exact) mass is 443 g/mol. The molecule has 0 spiro atoms. The zero-order chi connectivity index (χ0) is 18.4. The number of rotatable bonds is 7. The standard InChI is InChI=1S/C21H29N3OS.2ClH/c1-16-9-11-24(12-10-16)19(20-8-5-13-26-20)15-23-21(25)14-18(22)17-6-3-2-4-7-17;;/h2-8,13,16,18-19H,9-12,14-15,22H2,1H3,(H,23,25);2*1H. The maximum atomic E-state index is 12.4. The van der Waals surface area contributed by atoms with Gasteiger partial charge in [-0.05, 0) is 48.9 Å². The number of carbonyl (C=O) groups is 1. The third-order valence-corrected chi connectivity index (χ3v) is 6.23. The number of hydrogen-bond donors (Lipinski definition) is 2. The summed E-state index contributed by atoms with van der Waals surface area (Å²) in [5.74, 6) is 0.821. The summed E-state index contributed by atoms with van der Waals surface area (Å²) in [4.78, 5) is 16.3. The van der Waals surface area contributed by atoms with Gasteiger partial charge in [0.2, 0.25) is 5.91 Å². The largest absolute Gasteiger partial charge is 0.354 e. The van der Waals surface area contributed by atoms with E-state index >= 15 is 0 Å².